The first-order chi connectivity index (χ1) is 14.7. The molecule has 0 aromatic heterocycles. The van der Waals surface area contributed by atoms with Crippen molar-refractivity contribution in [3.8, 4) is 0 Å². The maximum absolute atomic E-state index is 13.1. The number of ketones is 2. The molecule has 1 saturated heterocycles. The van der Waals surface area contributed by atoms with Crippen molar-refractivity contribution < 1.29 is 22.8 Å². The summed E-state index contributed by atoms with van der Waals surface area (Å²) in [5.41, 5.74) is 0. The number of hydrogen-bond donors (Lipinski definition) is 2. The Balaban J connectivity index is 2.16. The molecule has 172 valence electrons. The number of Topliss-reactive ketones (excluding diaryl/α,β-unsaturated/α-hetero) is 2. The minimum absolute atomic E-state index is 0.0685. The molecule has 1 aliphatic rings. The summed E-state index contributed by atoms with van der Waals surface area (Å²) in [7, 11) is -3.88. The summed E-state index contributed by atoms with van der Waals surface area (Å²) in [6.07, 6.45) is 5.20. The molecule has 8 heteroatoms. The molecule has 1 fully saturated rings. The van der Waals surface area contributed by atoms with E-state index in [9.17, 15) is 22.8 Å². The van der Waals surface area contributed by atoms with E-state index < -0.39 is 33.7 Å². The van der Waals surface area contributed by atoms with Gasteiger partial charge in [0.2, 0.25) is 15.8 Å². The van der Waals surface area contributed by atoms with Crippen molar-refractivity contribution in [1.82, 2.24) is 10.0 Å². The van der Waals surface area contributed by atoms with Gasteiger partial charge in [-0.1, -0.05) is 57.7 Å². The summed E-state index contributed by atoms with van der Waals surface area (Å²) in [5, 5.41) is 2.64. The fourth-order valence-electron chi connectivity index (χ4n) is 3.80. The molecule has 0 spiro atoms. The van der Waals surface area contributed by atoms with Gasteiger partial charge in [0.25, 0.3) is 5.91 Å². The number of carbonyl (C=O) groups is 3. The fourth-order valence-corrected chi connectivity index (χ4v) is 5.06. The van der Waals surface area contributed by atoms with E-state index in [1.54, 1.807) is 18.2 Å². The smallest absolute Gasteiger partial charge is 0.287 e. The first-order valence-electron chi connectivity index (χ1n) is 11.1. The molecule has 0 radical (unpaired) electrons. The Labute approximate surface area is 185 Å². The molecule has 0 bridgehead atoms. The van der Waals surface area contributed by atoms with Gasteiger partial charge in [-0.15, -0.1) is 0 Å². The van der Waals surface area contributed by atoms with Crippen LogP contribution < -0.4 is 10.0 Å². The van der Waals surface area contributed by atoms with Crippen LogP contribution >= 0.6 is 0 Å². The molecule has 2 unspecified atom stereocenters. The van der Waals surface area contributed by atoms with E-state index in [2.05, 4.69) is 10.0 Å². The zero-order chi connectivity index (χ0) is 22.9. The van der Waals surface area contributed by atoms with E-state index in [4.69, 9.17) is 0 Å². The standard InChI is InChI=1S/C23H34N2O5S/c1-17(2)15-20(25-31(29,30)19-12-8-6-9-13-19)21(26)16-18-11-7-4-3-5-10-14-24-23(28)22(18)27/h6,8-9,12-13,17-18,20,25H,3-5,7,10-11,14-16H2,1-2H3,(H,24,28). The summed E-state index contributed by atoms with van der Waals surface area (Å²) < 4.78 is 28.1. The molecule has 2 rings (SSSR count). The zero-order valence-electron chi connectivity index (χ0n) is 18.4. The van der Waals surface area contributed by atoms with Crippen molar-refractivity contribution in [3.05, 3.63) is 30.3 Å². The van der Waals surface area contributed by atoms with Gasteiger partial charge < -0.3 is 5.32 Å². The predicted octanol–water partition coefficient (Wildman–Crippen LogP) is 2.99. The Morgan fingerprint density at radius 3 is 2.39 bits per heavy atom. The maximum atomic E-state index is 13.1. The summed E-state index contributed by atoms with van der Waals surface area (Å²) in [4.78, 5) is 38.1. The van der Waals surface area contributed by atoms with Crippen LogP contribution in [0.5, 0.6) is 0 Å². The lowest BCUT2D eigenvalue weighted by Crippen LogP contribution is -2.44. The highest BCUT2D eigenvalue weighted by Gasteiger charge is 2.32. The molecule has 1 aromatic carbocycles. The Morgan fingerprint density at radius 2 is 1.71 bits per heavy atom. The number of amides is 1. The van der Waals surface area contributed by atoms with Crippen LogP contribution in [0.15, 0.2) is 35.2 Å². The molecule has 1 amide bonds. The van der Waals surface area contributed by atoms with E-state index >= 15 is 0 Å². The van der Waals surface area contributed by atoms with Crippen LogP contribution in [0, 0.1) is 11.8 Å². The minimum atomic E-state index is -3.88. The van der Waals surface area contributed by atoms with Crippen LogP contribution in [-0.2, 0) is 24.4 Å². The van der Waals surface area contributed by atoms with Crippen molar-refractivity contribution in [1.29, 1.82) is 0 Å². The predicted molar refractivity (Wildman–Crippen MR) is 119 cm³/mol. The lowest BCUT2D eigenvalue weighted by molar-refractivity contribution is -0.141. The van der Waals surface area contributed by atoms with Crippen LogP contribution in [0.25, 0.3) is 0 Å². The third kappa shape index (κ3) is 8.18. The molecule has 0 saturated carbocycles. The molecule has 2 N–H and O–H groups in total. The highest BCUT2D eigenvalue weighted by atomic mass is 32.2. The van der Waals surface area contributed by atoms with Crippen LogP contribution in [0.2, 0.25) is 0 Å². The average molecular weight is 451 g/mol. The number of carbonyl (C=O) groups excluding carboxylic acids is 3. The van der Waals surface area contributed by atoms with Gasteiger partial charge in [0.05, 0.1) is 10.9 Å². The highest BCUT2D eigenvalue weighted by molar-refractivity contribution is 7.89. The SMILES string of the molecule is CC(C)CC(NS(=O)(=O)c1ccccc1)C(=O)CC1CCCCCCCNC(=O)C1=O. The second-order valence-corrected chi connectivity index (χ2v) is 10.4. The van der Waals surface area contributed by atoms with Crippen molar-refractivity contribution in [2.24, 2.45) is 11.8 Å². The van der Waals surface area contributed by atoms with Gasteiger partial charge in [0.15, 0.2) is 5.78 Å². The summed E-state index contributed by atoms with van der Waals surface area (Å²) in [5.74, 6) is -2.23. The normalized spacial score (nSPS) is 20.0. The van der Waals surface area contributed by atoms with Crippen molar-refractivity contribution in [3.63, 3.8) is 0 Å². The van der Waals surface area contributed by atoms with Crippen LogP contribution in [0.3, 0.4) is 0 Å². The molecular weight excluding hydrogens is 416 g/mol. The van der Waals surface area contributed by atoms with Gasteiger partial charge in [-0.05, 0) is 37.3 Å². The third-order valence-electron chi connectivity index (χ3n) is 5.50. The number of benzene rings is 1. The molecule has 7 nitrogen and oxygen atoms in total. The Kier molecular flexibility index (Phi) is 9.84. The Hall–Kier alpha value is -2.06. The van der Waals surface area contributed by atoms with E-state index in [1.807, 2.05) is 13.8 Å². The van der Waals surface area contributed by atoms with Crippen molar-refractivity contribution in [2.45, 2.75) is 76.2 Å². The van der Waals surface area contributed by atoms with Crippen LogP contribution in [0.4, 0.5) is 0 Å². The van der Waals surface area contributed by atoms with Crippen molar-refractivity contribution in [2.75, 3.05) is 6.54 Å². The number of hydrogen-bond acceptors (Lipinski definition) is 5. The minimum Gasteiger partial charge on any atom is -0.349 e. The largest absolute Gasteiger partial charge is 0.349 e. The van der Waals surface area contributed by atoms with E-state index in [0.717, 1.165) is 32.1 Å². The Morgan fingerprint density at radius 1 is 1.06 bits per heavy atom. The molecule has 0 aliphatic carbocycles. The molecular formula is C23H34N2O5S. The molecule has 1 aromatic rings. The topological polar surface area (TPSA) is 109 Å². The highest BCUT2D eigenvalue weighted by Crippen LogP contribution is 2.21. The number of nitrogens with one attached hydrogen (secondary N) is 2. The molecule has 1 aliphatic heterocycles. The van der Waals surface area contributed by atoms with E-state index in [0.29, 0.717) is 19.4 Å². The maximum Gasteiger partial charge on any atom is 0.287 e. The van der Waals surface area contributed by atoms with Gasteiger partial charge in [-0.2, -0.15) is 0 Å². The molecule has 1 heterocycles. The van der Waals surface area contributed by atoms with Crippen LogP contribution in [-0.4, -0.2) is 38.5 Å². The number of rotatable bonds is 8. The summed E-state index contributed by atoms with van der Waals surface area (Å²) in [6.45, 7) is 4.27. The lowest BCUT2D eigenvalue weighted by Gasteiger charge is -2.22. The molecule has 31 heavy (non-hydrogen) atoms. The second-order valence-electron chi connectivity index (χ2n) is 8.66. The van der Waals surface area contributed by atoms with Gasteiger partial charge in [-0.3, -0.25) is 14.4 Å². The van der Waals surface area contributed by atoms with Crippen LogP contribution in [0.1, 0.15) is 65.2 Å². The third-order valence-corrected chi connectivity index (χ3v) is 6.99. The van der Waals surface area contributed by atoms with Gasteiger partial charge in [-0.25, -0.2) is 13.1 Å². The fraction of sp³-hybridized carbons (Fsp3) is 0.609. The van der Waals surface area contributed by atoms with Crippen molar-refractivity contribution >= 4 is 27.5 Å². The van der Waals surface area contributed by atoms with E-state index in [1.165, 1.54) is 12.1 Å². The molecule has 2 atom stereocenters. The zero-order valence-corrected chi connectivity index (χ0v) is 19.2. The number of sulfonamides is 1. The summed E-state index contributed by atoms with van der Waals surface area (Å²) in [6, 6.07) is 6.95. The van der Waals surface area contributed by atoms with Gasteiger partial charge >= 0.3 is 0 Å². The van der Waals surface area contributed by atoms with E-state index in [-0.39, 0.29) is 23.0 Å². The Bertz CT molecular complexity index is 852. The van der Waals surface area contributed by atoms with Gasteiger partial charge in [0, 0.05) is 18.9 Å². The summed E-state index contributed by atoms with van der Waals surface area (Å²) >= 11 is 0. The second kappa shape index (κ2) is 12.1. The van der Waals surface area contributed by atoms with Gasteiger partial charge in [0.1, 0.15) is 0 Å². The quantitative estimate of drug-likeness (QED) is 0.592. The average Bonchev–Trinajstić information content (AvgIpc) is 2.76. The first kappa shape index (κ1) is 25.2. The monoisotopic (exact) mass is 450 g/mol. The first-order valence-corrected chi connectivity index (χ1v) is 12.6. The lowest BCUT2D eigenvalue weighted by atomic mass is 9.88.